The zero-order valence-corrected chi connectivity index (χ0v) is 12.8. The lowest BCUT2D eigenvalue weighted by atomic mass is 9.95. The molecule has 0 radical (unpaired) electrons. The number of carbonyl (C=O) groups is 1. The summed E-state index contributed by atoms with van der Waals surface area (Å²) in [6, 6.07) is 13.1. The Kier molecular flexibility index (Phi) is 3.74. The number of rotatable bonds is 4. The minimum atomic E-state index is -0.798. The Balaban J connectivity index is 1.97. The molecule has 104 valence electrons. The molecule has 3 rings (SSSR count). The van der Waals surface area contributed by atoms with Gasteiger partial charge in [-0.25, -0.2) is 0 Å². The second-order valence-electron chi connectivity index (χ2n) is 4.46. The number of ether oxygens (including phenoxy) is 1. The van der Waals surface area contributed by atoms with E-state index in [2.05, 4.69) is 6.07 Å². The monoisotopic (exact) mass is 313 g/mol. The molecule has 3 nitrogen and oxygen atoms in total. The zero-order chi connectivity index (χ0) is 14.8. The van der Waals surface area contributed by atoms with Gasteiger partial charge in [0.15, 0.2) is 5.78 Å². The van der Waals surface area contributed by atoms with Gasteiger partial charge in [-0.1, -0.05) is 12.1 Å². The van der Waals surface area contributed by atoms with E-state index in [4.69, 9.17) is 4.74 Å². The summed E-state index contributed by atoms with van der Waals surface area (Å²) in [5.41, 5.74) is 0.665. The van der Waals surface area contributed by atoms with Gasteiger partial charge in [-0.15, -0.1) is 22.7 Å². The van der Waals surface area contributed by atoms with Gasteiger partial charge >= 0.3 is 0 Å². The van der Waals surface area contributed by atoms with E-state index < -0.39 is 5.92 Å². The molecule has 2 aromatic heterocycles. The van der Waals surface area contributed by atoms with Crippen LogP contribution in [-0.2, 0) is 0 Å². The fourth-order valence-electron chi connectivity index (χ4n) is 2.14. The topological polar surface area (TPSA) is 50.1 Å². The molecule has 0 amide bonds. The van der Waals surface area contributed by atoms with Crippen LogP contribution >= 0.6 is 22.7 Å². The van der Waals surface area contributed by atoms with E-state index in [0.717, 1.165) is 9.40 Å². The number of hydrogen-bond acceptors (Lipinski definition) is 5. The van der Waals surface area contributed by atoms with E-state index in [0.29, 0.717) is 16.2 Å². The number of nitrogens with zero attached hydrogens (tertiary/aromatic N) is 1. The highest BCUT2D eigenvalue weighted by Gasteiger charge is 2.24. The first-order valence-electron chi connectivity index (χ1n) is 6.27. The fourth-order valence-corrected chi connectivity index (χ4v) is 4.21. The number of benzene rings is 1. The van der Waals surface area contributed by atoms with Crippen LogP contribution in [0.3, 0.4) is 0 Å². The van der Waals surface area contributed by atoms with E-state index in [1.807, 2.05) is 17.5 Å². The standard InChI is InChI=1S/C16H11NO2S2/c1-19-11-4-2-3-10(7-11)12(9-17)16(18)15-8-14-13(21-15)5-6-20-14/h2-8,12H,1H3. The van der Waals surface area contributed by atoms with Gasteiger partial charge in [-0.2, -0.15) is 5.26 Å². The zero-order valence-electron chi connectivity index (χ0n) is 11.2. The molecule has 21 heavy (non-hydrogen) atoms. The van der Waals surface area contributed by atoms with E-state index in [1.165, 1.54) is 11.3 Å². The molecule has 1 atom stereocenters. The molecule has 0 aliphatic carbocycles. The van der Waals surface area contributed by atoms with Crippen molar-refractivity contribution in [3.05, 3.63) is 52.2 Å². The van der Waals surface area contributed by atoms with Crippen LogP contribution in [0, 0.1) is 11.3 Å². The third-order valence-corrected chi connectivity index (χ3v) is 5.31. The Labute approximate surface area is 130 Å². The van der Waals surface area contributed by atoms with E-state index in [1.54, 1.807) is 42.7 Å². The number of thiophene rings is 2. The molecule has 0 fully saturated rings. The molecule has 5 heteroatoms. The smallest absolute Gasteiger partial charge is 0.194 e. The summed E-state index contributed by atoms with van der Waals surface area (Å²) in [4.78, 5) is 13.2. The predicted octanol–water partition coefficient (Wildman–Crippen LogP) is 4.46. The van der Waals surface area contributed by atoms with Crippen molar-refractivity contribution in [3.8, 4) is 11.8 Å². The highest BCUT2D eigenvalue weighted by Crippen LogP contribution is 2.33. The molecule has 0 spiro atoms. The van der Waals surface area contributed by atoms with Crippen LogP contribution in [0.1, 0.15) is 21.2 Å². The Hall–Kier alpha value is -2.16. The Morgan fingerprint density at radius 1 is 1.29 bits per heavy atom. The van der Waals surface area contributed by atoms with Gasteiger partial charge < -0.3 is 4.74 Å². The summed E-state index contributed by atoms with van der Waals surface area (Å²) in [5, 5.41) is 11.4. The quantitative estimate of drug-likeness (QED) is 0.668. The van der Waals surface area contributed by atoms with E-state index in [-0.39, 0.29) is 5.78 Å². The van der Waals surface area contributed by atoms with Crippen LogP contribution in [0.4, 0.5) is 0 Å². The molecule has 0 saturated heterocycles. The molecule has 2 heterocycles. The van der Waals surface area contributed by atoms with Gasteiger partial charge in [0, 0.05) is 9.40 Å². The Bertz CT molecular complexity index is 813. The van der Waals surface area contributed by atoms with Gasteiger partial charge in [-0.05, 0) is 35.2 Å². The number of nitriles is 1. The largest absolute Gasteiger partial charge is 0.497 e. The molecule has 0 N–H and O–H groups in total. The van der Waals surface area contributed by atoms with E-state index >= 15 is 0 Å². The van der Waals surface area contributed by atoms with Crippen LogP contribution in [0.15, 0.2) is 41.8 Å². The SMILES string of the molecule is COc1cccc(C(C#N)C(=O)c2cc3sccc3s2)c1. The average molecular weight is 313 g/mol. The predicted molar refractivity (Wildman–Crippen MR) is 85.4 cm³/mol. The molecule has 0 aliphatic heterocycles. The third-order valence-electron chi connectivity index (χ3n) is 3.20. The molecule has 0 bridgehead atoms. The van der Waals surface area contributed by atoms with Crippen molar-refractivity contribution in [2.45, 2.75) is 5.92 Å². The summed E-state index contributed by atoms with van der Waals surface area (Å²) in [5.74, 6) is -0.306. The maximum absolute atomic E-state index is 12.6. The lowest BCUT2D eigenvalue weighted by molar-refractivity contribution is 0.0983. The first-order valence-corrected chi connectivity index (χ1v) is 7.97. The van der Waals surface area contributed by atoms with Crippen LogP contribution in [0.5, 0.6) is 5.75 Å². The molecule has 3 aromatic rings. The highest BCUT2D eigenvalue weighted by molar-refractivity contribution is 7.27. The van der Waals surface area contributed by atoms with Crippen molar-refractivity contribution in [2.75, 3.05) is 7.11 Å². The van der Waals surface area contributed by atoms with Crippen molar-refractivity contribution in [2.24, 2.45) is 0 Å². The lowest BCUT2D eigenvalue weighted by Crippen LogP contribution is -2.09. The lowest BCUT2D eigenvalue weighted by Gasteiger charge is -2.08. The summed E-state index contributed by atoms with van der Waals surface area (Å²) in [6.07, 6.45) is 0. The normalized spacial score (nSPS) is 12.0. The second kappa shape index (κ2) is 5.68. The van der Waals surface area contributed by atoms with Crippen molar-refractivity contribution >= 4 is 37.9 Å². The van der Waals surface area contributed by atoms with Gasteiger partial charge in [0.1, 0.15) is 11.7 Å². The fraction of sp³-hybridized carbons (Fsp3) is 0.125. The van der Waals surface area contributed by atoms with Crippen LogP contribution in [0.2, 0.25) is 0 Å². The van der Waals surface area contributed by atoms with Crippen molar-refractivity contribution < 1.29 is 9.53 Å². The highest BCUT2D eigenvalue weighted by atomic mass is 32.1. The van der Waals surface area contributed by atoms with Crippen molar-refractivity contribution in [3.63, 3.8) is 0 Å². The number of fused-ring (bicyclic) bond motifs is 1. The van der Waals surface area contributed by atoms with Gasteiger partial charge in [0.25, 0.3) is 0 Å². The van der Waals surface area contributed by atoms with Crippen LogP contribution in [0.25, 0.3) is 9.40 Å². The molecule has 1 aromatic carbocycles. The first-order chi connectivity index (χ1) is 10.2. The molecule has 0 saturated carbocycles. The summed E-state index contributed by atoms with van der Waals surface area (Å²) < 4.78 is 7.33. The second-order valence-corrected chi connectivity index (χ2v) is 6.49. The van der Waals surface area contributed by atoms with Crippen LogP contribution in [-0.4, -0.2) is 12.9 Å². The number of carbonyl (C=O) groups excluding carboxylic acids is 1. The Morgan fingerprint density at radius 2 is 2.14 bits per heavy atom. The summed E-state index contributed by atoms with van der Waals surface area (Å²) in [6.45, 7) is 0. The minimum Gasteiger partial charge on any atom is -0.497 e. The number of ketones is 1. The Morgan fingerprint density at radius 3 is 2.86 bits per heavy atom. The number of methoxy groups -OCH3 is 1. The van der Waals surface area contributed by atoms with Crippen molar-refractivity contribution in [1.82, 2.24) is 0 Å². The molecular weight excluding hydrogens is 302 g/mol. The third kappa shape index (κ3) is 2.56. The number of hydrogen-bond donors (Lipinski definition) is 0. The maximum Gasteiger partial charge on any atom is 0.194 e. The minimum absolute atomic E-state index is 0.154. The molecule has 1 unspecified atom stereocenters. The summed E-state index contributed by atoms with van der Waals surface area (Å²) >= 11 is 3.04. The summed E-state index contributed by atoms with van der Waals surface area (Å²) in [7, 11) is 1.57. The molecular formula is C16H11NO2S2. The number of Topliss-reactive ketones (excluding diaryl/α,β-unsaturated/α-hetero) is 1. The van der Waals surface area contributed by atoms with Gasteiger partial charge in [-0.3, -0.25) is 4.79 Å². The first kappa shape index (κ1) is 13.8. The molecule has 0 aliphatic rings. The van der Waals surface area contributed by atoms with Gasteiger partial charge in [0.2, 0.25) is 0 Å². The van der Waals surface area contributed by atoms with Crippen LogP contribution < -0.4 is 4.74 Å². The average Bonchev–Trinajstić information content (AvgIpc) is 3.09. The van der Waals surface area contributed by atoms with Crippen molar-refractivity contribution in [1.29, 1.82) is 5.26 Å². The maximum atomic E-state index is 12.6. The van der Waals surface area contributed by atoms with E-state index in [9.17, 15) is 10.1 Å². The van der Waals surface area contributed by atoms with Gasteiger partial charge in [0.05, 0.1) is 18.1 Å².